The molecule has 0 bridgehead atoms. The van der Waals surface area contributed by atoms with Crippen LogP contribution in [0.1, 0.15) is 26.7 Å². The molecule has 3 nitrogen and oxygen atoms in total. The van der Waals surface area contributed by atoms with Gasteiger partial charge in [-0.2, -0.15) is 0 Å². The number of carbonyl (C=O) groups is 1. The van der Waals surface area contributed by atoms with Crippen molar-refractivity contribution in [2.75, 3.05) is 0 Å². The van der Waals surface area contributed by atoms with Gasteiger partial charge in [0.15, 0.2) is 0 Å². The number of allylic oxidation sites excluding steroid dienone is 1. The highest BCUT2D eigenvalue weighted by Crippen LogP contribution is 2.13. The van der Waals surface area contributed by atoms with E-state index in [0.717, 1.165) is 6.42 Å². The van der Waals surface area contributed by atoms with E-state index in [9.17, 15) is 9.90 Å². The zero-order valence-electron chi connectivity index (χ0n) is 9.56. The minimum Gasteiger partial charge on any atom is -0.512 e. The number of ether oxygens (including phenoxy) is 1. The lowest BCUT2D eigenvalue weighted by Gasteiger charge is -2.06. The lowest BCUT2D eigenvalue weighted by atomic mass is 10.2. The second kappa shape index (κ2) is 5.95. The molecule has 86 valence electrons. The van der Waals surface area contributed by atoms with E-state index in [0.29, 0.717) is 12.2 Å². The topological polar surface area (TPSA) is 46.5 Å². The van der Waals surface area contributed by atoms with Gasteiger partial charge in [0.25, 0.3) is 0 Å². The van der Waals surface area contributed by atoms with Crippen LogP contribution >= 0.6 is 0 Å². The molecule has 1 rings (SSSR count). The Bertz CT molecular complexity index is 379. The molecule has 0 amide bonds. The highest BCUT2D eigenvalue weighted by atomic mass is 16.5. The first-order valence-corrected chi connectivity index (χ1v) is 5.31. The Morgan fingerprint density at radius 2 is 1.94 bits per heavy atom. The molecule has 0 aromatic heterocycles. The molecule has 0 unspecified atom stereocenters. The van der Waals surface area contributed by atoms with Gasteiger partial charge in [-0.3, -0.25) is 0 Å². The normalized spacial score (nSPS) is 11.9. The van der Waals surface area contributed by atoms with Crippen LogP contribution in [0.25, 0.3) is 0 Å². The van der Waals surface area contributed by atoms with Crippen molar-refractivity contribution in [3.63, 3.8) is 0 Å². The maximum absolute atomic E-state index is 11.6. The Kier molecular flexibility index (Phi) is 4.58. The molecule has 1 N–H and O–H groups in total. The second-order valence-electron chi connectivity index (χ2n) is 3.52. The summed E-state index contributed by atoms with van der Waals surface area (Å²) in [7, 11) is 0. The highest BCUT2D eigenvalue weighted by Gasteiger charge is 2.11. The first kappa shape index (κ1) is 12.3. The van der Waals surface area contributed by atoms with E-state index < -0.39 is 5.97 Å². The van der Waals surface area contributed by atoms with E-state index in [1.165, 1.54) is 0 Å². The molecule has 16 heavy (non-hydrogen) atoms. The predicted molar refractivity (Wildman–Crippen MR) is 62.3 cm³/mol. The second-order valence-corrected chi connectivity index (χ2v) is 3.52. The van der Waals surface area contributed by atoms with Crippen molar-refractivity contribution in [3.8, 4) is 5.75 Å². The van der Waals surface area contributed by atoms with Crippen molar-refractivity contribution in [2.24, 2.45) is 0 Å². The Balaban J connectivity index is 2.69. The van der Waals surface area contributed by atoms with Gasteiger partial charge in [-0.25, -0.2) is 4.79 Å². The fourth-order valence-electron chi connectivity index (χ4n) is 1.21. The first-order chi connectivity index (χ1) is 7.65. The van der Waals surface area contributed by atoms with Crippen LogP contribution in [0, 0.1) is 0 Å². The number of carbonyl (C=O) groups excluding carboxylic acids is 1. The summed E-state index contributed by atoms with van der Waals surface area (Å²) in [5.74, 6) is 0.0803. The summed E-state index contributed by atoms with van der Waals surface area (Å²) in [6.07, 6.45) is 1.29. The lowest BCUT2D eigenvalue weighted by molar-refractivity contribution is -0.130. The summed E-state index contributed by atoms with van der Waals surface area (Å²) < 4.78 is 5.09. The van der Waals surface area contributed by atoms with Gasteiger partial charge in [-0.15, -0.1) is 0 Å². The highest BCUT2D eigenvalue weighted by molar-refractivity contribution is 5.89. The van der Waals surface area contributed by atoms with Crippen LogP contribution in [0.3, 0.4) is 0 Å². The standard InChI is InChI=1S/C13H16O3/c1-3-7-12(14)10(2)13(15)16-11-8-5-4-6-9-11/h4-6,8-9,14H,3,7H2,1-2H3. The molecule has 0 aliphatic carbocycles. The van der Waals surface area contributed by atoms with Crippen LogP contribution < -0.4 is 4.74 Å². The summed E-state index contributed by atoms with van der Waals surface area (Å²) in [5.41, 5.74) is 0.269. The van der Waals surface area contributed by atoms with Crippen LogP contribution in [0.2, 0.25) is 0 Å². The minimum atomic E-state index is -0.503. The third-order valence-electron chi connectivity index (χ3n) is 2.18. The molecule has 0 saturated carbocycles. The van der Waals surface area contributed by atoms with Crippen LogP contribution in [-0.4, -0.2) is 11.1 Å². The van der Waals surface area contributed by atoms with Gasteiger partial charge in [0, 0.05) is 6.42 Å². The van der Waals surface area contributed by atoms with Crippen molar-refractivity contribution in [3.05, 3.63) is 41.7 Å². The van der Waals surface area contributed by atoms with Gasteiger partial charge >= 0.3 is 5.97 Å². The molecule has 0 fully saturated rings. The van der Waals surface area contributed by atoms with Gasteiger partial charge in [-0.1, -0.05) is 25.1 Å². The maximum atomic E-state index is 11.6. The van der Waals surface area contributed by atoms with Crippen LogP contribution in [0.5, 0.6) is 5.75 Å². The summed E-state index contributed by atoms with van der Waals surface area (Å²) in [5, 5.41) is 9.54. The number of aliphatic hydroxyl groups excluding tert-OH is 1. The van der Waals surface area contributed by atoms with Crippen molar-refractivity contribution < 1.29 is 14.6 Å². The molecule has 0 aliphatic heterocycles. The third-order valence-corrected chi connectivity index (χ3v) is 2.18. The molecule has 0 atom stereocenters. The monoisotopic (exact) mass is 220 g/mol. The van der Waals surface area contributed by atoms with Crippen LogP contribution in [0.4, 0.5) is 0 Å². The Hall–Kier alpha value is -1.77. The third kappa shape index (κ3) is 3.42. The first-order valence-electron chi connectivity index (χ1n) is 5.31. The predicted octanol–water partition coefficient (Wildman–Crippen LogP) is 3.22. The largest absolute Gasteiger partial charge is 0.512 e. The SMILES string of the molecule is CCCC(O)=C(C)C(=O)Oc1ccccc1. The number of hydrogen-bond donors (Lipinski definition) is 1. The minimum absolute atomic E-state index is 0.100. The Morgan fingerprint density at radius 3 is 2.50 bits per heavy atom. The number of para-hydroxylation sites is 1. The molecular formula is C13H16O3. The lowest BCUT2D eigenvalue weighted by Crippen LogP contribution is -2.11. The van der Waals surface area contributed by atoms with Crippen LogP contribution in [0.15, 0.2) is 41.7 Å². The van der Waals surface area contributed by atoms with Crippen LogP contribution in [-0.2, 0) is 4.79 Å². The smallest absolute Gasteiger partial charge is 0.342 e. The quantitative estimate of drug-likeness (QED) is 0.367. The molecule has 0 radical (unpaired) electrons. The van der Waals surface area contributed by atoms with Gasteiger partial charge in [0.1, 0.15) is 11.5 Å². The summed E-state index contributed by atoms with van der Waals surface area (Å²) in [6, 6.07) is 8.81. The van der Waals surface area contributed by atoms with E-state index in [1.807, 2.05) is 13.0 Å². The average molecular weight is 220 g/mol. The fourth-order valence-corrected chi connectivity index (χ4v) is 1.21. The molecule has 0 heterocycles. The molecule has 0 saturated heterocycles. The van der Waals surface area contributed by atoms with Gasteiger partial charge in [-0.05, 0) is 25.5 Å². The van der Waals surface area contributed by atoms with Gasteiger partial charge < -0.3 is 9.84 Å². The summed E-state index contributed by atoms with van der Waals surface area (Å²) >= 11 is 0. The van der Waals surface area contributed by atoms with E-state index in [1.54, 1.807) is 31.2 Å². The molecule has 1 aromatic carbocycles. The van der Waals surface area contributed by atoms with E-state index in [4.69, 9.17) is 4.74 Å². The van der Waals surface area contributed by atoms with E-state index in [-0.39, 0.29) is 11.3 Å². The average Bonchev–Trinajstić information content (AvgIpc) is 2.29. The maximum Gasteiger partial charge on any atom is 0.342 e. The summed E-state index contributed by atoms with van der Waals surface area (Å²) in [4.78, 5) is 11.6. The molecule has 3 heteroatoms. The molecule has 0 aliphatic rings. The van der Waals surface area contributed by atoms with E-state index >= 15 is 0 Å². The van der Waals surface area contributed by atoms with Crippen molar-refractivity contribution in [2.45, 2.75) is 26.7 Å². The van der Waals surface area contributed by atoms with Gasteiger partial charge in [0.2, 0.25) is 0 Å². The molecule has 0 spiro atoms. The number of esters is 1. The molecular weight excluding hydrogens is 204 g/mol. The Labute approximate surface area is 95.4 Å². The zero-order chi connectivity index (χ0) is 12.0. The van der Waals surface area contributed by atoms with Crippen molar-refractivity contribution >= 4 is 5.97 Å². The number of aliphatic hydroxyl groups is 1. The van der Waals surface area contributed by atoms with E-state index in [2.05, 4.69) is 0 Å². The summed E-state index contributed by atoms with van der Waals surface area (Å²) in [6.45, 7) is 3.50. The van der Waals surface area contributed by atoms with Crippen molar-refractivity contribution in [1.29, 1.82) is 0 Å². The number of hydrogen-bond acceptors (Lipinski definition) is 3. The Morgan fingerprint density at radius 1 is 1.31 bits per heavy atom. The van der Waals surface area contributed by atoms with Gasteiger partial charge in [0.05, 0.1) is 5.57 Å². The zero-order valence-corrected chi connectivity index (χ0v) is 9.56. The van der Waals surface area contributed by atoms with Crippen molar-refractivity contribution in [1.82, 2.24) is 0 Å². The molecule has 1 aromatic rings. The fraction of sp³-hybridized carbons (Fsp3) is 0.308. The number of benzene rings is 1. The number of rotatable bonds is 4.